The van der Waals surface area contributed by atoms with Crippen LogP contribution in [-0.4, -0.2) is 41.5 Å². The predicted molar refractivity (Wildman–Crippen MR) is 123 cm³/mol. The van der Waals surface area contributed by atoms with Crippen LogP contribution in [0.3, 0.4) is 0 Å². The normalized spacial score (nSPS) is 16.5. The molecule has 2 aromatic rings. The Kier molecular flexibility index (Phi) is 9.60. The molecule has 2 heterocycles. The Balaban J connectivity index is 0.00000320. The van der Waals surface area contributed by atoms with Gasteiger partial charge in [0, 0.05) is 12.2 Å². The lowest BCUT2D eigenvalue weighted by molar-refractivity contribution is -0.136. The van der Waals surface area contributed by atoms with E-state index >= 15 is 0 Å². The second-order valence-corrected chi connectivity index (χ2v) is 8.16. The van der Waals surface area contributed by atoms with Gasteiger partial charge in [0.05, 0.1) is 12.2 Å². The molecule has 1 saturated heterocycles. The van der Waals surface area contributed by atoms with Gasteiger partial charge in [0.15, 0.2) is 6.61 Å². The van der Waals surface area contributed by atoms with E-state index in [1.807, 2.05) is 36.1 Å². The van der Waals surface area contributed by atoms with E-state index in [1.54, 1.807) is 6.20 Å². The Hall–Kier alpha value is -2.11. The summed E-state index contributed by atoms with van der Waals surface area (Å²) in [6, 6.07) is 12.3. The zero-order valence-corrected chi connectivity index (χ0v) is 19.1. The number of ether oxygens (including phenoxy) is 1. The molecule has 1 fully saturated rings. The third-order valence-corrected chi connectivity index (χ3v) is 5.51. The van der Waals surface area contributed by atoms with Crippen molar-refractivity contribution in [2.75, 3.05) is 19.7 Å². The minimum Gasteiger partial charge on any atom is -0.483 e. The van der Waals surface area contributed by atoms with E-state index in [1.165, 1.54) is 0 Å². The molecule has 1 N–H and O–H groups in total. The van der Waals surface area contributed by atoms with Gasteiger partial charge in [-0.25, -0.2) is 0 Å². The number of nitrogens with zero attached hydrogens (tertiary/aromatic N) is 2. The Bertz CT molecular complexity index is 790. The first-order valence-corrected chi connectivity index (χ1v) is 10.7. The molecular weight excluding hydrogens is 398 g/mol. The number of halogens is 1. The number of carbonyl (C=O) groups excluding carboxylic acids is 1. The summed E-state index contributed by atoms with van der Waals surface area (Å²) in [5, 5.41) is 3.43. The van der Waals surface area contributed by atoms with Gasteiger partial charge in [-0.15, -0.1) is 12.4 Å². The fourth-order valence-electron chi connectivity index (χ4n) is 3.87. The third kappa shape index (κ3) is 6.71. The number of aryl methyl sites for hydroxylation is 1. The Labute approximate surface area is 186 Å². The molecule has 0 spiro atoms. The first-order valence-electron chi connectivity index (χ1n) is 10.7. The topological polar surface area (TPSA) is 54.5 Å². The van der Waals surface area contributed by atoms with Crippen molar-refractivity contribution in [3.8, 4) is 5.75 Å². The van der Waals surface area contributed by atoms with Gasteiger partial charge in [-0.3, -0.25) is 9.78 Å². The number of rotatable bonds is 7. The van der Waals surface area contributed by atoms with Crippen molar-refractivity contribution in [2.24, 2.45) is 0 Å². The fourth-order valence-corrected chi connectivity index (χ4v) is 3.87. The van der Waals surface area contributed by atoms with Crippen molar-refractivity contribution < 1.29 is 9.53 Å². The first kappa shape index (κ1) is 24.2. The molecule has 5 nitrogen and oxygen atoms in total. The highest BCUT2D eigenvalue weighted by Gasteiger charge is 2.26. The summed E-state index contributed by atoms with van der Waals surface area (Å²) in [6.45, 7) is 8.87. The summed E-state index contributed by atoms with van der Waals surface area (Å²) in [5.74, 6) is 1.19. The minimum atomic E-state index is 0. The lowest BCUT2D eigenvalue weighted by Crippen LogP contribution is -2.43. The molecule has 164 valence electrons. The van der Waals surface area contributed by atoms with E-state index in [-0.39, 0.29) is 31.0 Å². The van der Waals surface area contributed by atoms with Crippen LogP contribution >= 0.6 is 12.4 Å². The molecule has 0 saturated carbocycles. The first-order chi connectivity index (χ1) is 14.0. The smallest absolute Gasteiger partial charge is 0.261 e. The van der Waals surface area contributed by atoms with Crippen molar-refractivity contribution in [3.05, 3.63) is 59.4 Å². The molecule has 30 heavy (non-hydrogen) atoms. The van der Waals surface area contributed by atoms with Gasteiger partial charge in [-0.1, -0.05) is 32.0 Å². The molecule has 3 rings (SSSR count). The summed E-state index contributed by atoms with van der Waals surface area (Å²) in [6.07, 6.45) is 4.82. The van der Waals surface area contributed by atoms with E-state index in [0.29, 0.717) is 12.5 Å². The van der Waals surface area contributed by atoms with E-state index < -0.39 is 0 Å². The Morgan fingerprint density at radius 1 is 1.23 bits per heavy atom. The maximum absolute atomic E-state index is 13.3. The fraction of sp³-hybridized carbons (Fsp3) is 0.500. The molecule has 6 heteroatoms. The van der Waals surface area contributed by atoms with Gasteiger partial charge in [-0.05, 0) is 74.5 Å². The molecular formula is C24H34ClN3O2. The standard InChI is InChI=1S/C24H33N3O2.ClH/c1-18(2)22-10-9-19(3)15-23(22)29-17-24(28)27(16-20-7-4-5-13-26-20)21-8-6-12-25-14-11-21;/h4-5,7,9-10,13,15,18,21,25H,6,8,11-12,14,16-17H2,1-3H3;1H. The minimum absolute atomic E-state index is 0. The SMILES string of the molecule is Cc1ccc(C(C)C)c(OCC(=O)N(Cc2ccccn2)C2CCCNCC2)c1.Cl. The largest absolute Gasteiger partial charge is 0.483 e. The molecule has 1 amide bonds. The van der Waals surface area contributed by atoms with Crippen molar-refractivity contribution in [1.82, 2.24) is 15.2 Å². The van der Waals surface area contributed by atoms with E-state index in [9.17, 15) is 4.79 Å². The quantitative estimate of drug-likeness (QED) is 0.701. The zero-order valence-electron chi connectivity index (χ0n) is 18.3. The molecule has 1 aromatic heterocycles. The Morgan fingerprint density at radius 3 is 2.80 bits per heavy atom. The van der Waals surface area contributed by atoms with Crippen molar-refractivity contribution in [3.63, 3.8) is 0 Å². The lowest BCUT2D eigenvalue weighted by Gasteiger charge is -2.31. The van der Waals surface area contributed by atoms with Gasteiger partial charge in [0.2, 0.25) is 0 Å². The molecule has 0 bridgehead atoms. The summed E-state index contributed by atoms with van der Waals surface area (Å²) < 4.78 is 6.05. The van der Waals surface area contributed by atoms with Crippen LogP contribution < -0.4 is 10.1 Å². The van der Waals surface area contributed by atoms with E-state index in [2.05, 4.69) is 36.3 Å². The predicted octanol–water partition coefficient (Wildman–Crippen LogP) is 4.48. The molecule has 1 aliphatic heterocycles. The van der Waals surface area contributed by atoms with Crippen LogP contribution in [0.2, 0.25) is 0 Å². The third-order valence-electron chi connectivity index (χ3n) is 5.51. The van der Waals surface area contributed by atoms with Crippen LogP contribution in [0.5, 0.6) is 5.75 Å². The molecule has 0 aliphatic carbocycles. The van der Waals surface area contributed by atoms with E-state index in [4.69, 9.17) is 4.74 Å². The number of aromatic nitrogens is 1. The number of hydrogen-bond acceptors (Lipinski definition) is 4. The van der Waals surface area contributed by atoms with Crippen LogP contribution in [0.25, 0.3) is 0 Å². The van der Waals surface area contributed by atoms with Gasteiger partial charge < -0.3 is 15.0 Å². The van der Waals surface area contributed by atoms with Crippen molar-refractivity contribution in [2.45, 2.75) is 58.5 Å². The summed E-state index contributed by atoms with van der Waals surface area (Å²) >= 11 is 0. The maximum atomic E-state index is 13.3. The van der Waals surface area contributed by atoms with Gasteiger partial charge in [0.25, 0.3) is 5.91 Å². The number of benzene rings is 1. The molecule has 1 aliphatic rings. The highest BCUT2D eigenvalue weighted by molar-refractivity contribution is 5.85. The molecule has 1 aromatic carbocycles. The highest BCUT2D eigenvalue weighted by Crippen LogP contribution is 2.27. The van der Waals surface area contributed by atoms with Crippen LogP contribution in [0.1, 0.15) is 55.8 Å². The maximum Gasteiger partial charge on any atom is 0.261 e. The average molecular weight is 432 g/mol. The van der Waals surface area contributed by atoms with Crippen molar-refractivity contribution in [1.29, 1.82) is 0 Å². The molecule has 0 radical (unpaired) electrons. The van der Waals surface area contributed by atoms with Crippen LogP contribution in [-0.2, 0) is 11.3 Å². The van der Waals surface area contributed by atoms with Gasteiger partial charge >= 0.3 is 0 Å². The van der Waals surface area contributed by atoms with E-state index in [0.717, 1.165) is 54.9 Å². The van der Waals surface area contributed by atoms with Gasteiger partial charge in [0.1, 0.15) is 5.75 Å². The van der Waals surface area contributed by atoms with Gasteiger partial charge in [-0.2, -0.15) is 0 Å². The monoisotopic (exact) mass is 431 g/mol. The van der Waals surface area contributed by atoms with Crippen LogP contribution in [0.15, 0.2) is 42.6 Å². The second kappa shape index (κ2) is 11.9. The van der Waals surface area contributed by atoms with Crippen molar-refractivity contribution >= 4 is 18.3 Å². The Morgan fingerprint density at radius 2 is 2.07 bits per heavy atom. The number of nitrogens with one attached hydrogen (secondary N) is 1. The number of pyridine rings is 1. The molecule has 1 atom stereocenters. The second-order valence-electron chi connectivity index (χ2n) is 8.16. The number of amides is 1. The molecule has 1 unspecified atom stereocenters. The highest BCUT2D eigenvalue weighted by atomic mass is 35.5. The summed E-state index contributed by atoms with van der Waals surface area (Å²) in [5.41, 5.74) is 3.19. The average Bonchev–Trinajstić information content (AvgIpc) is 3.00. The van der Waals surface area contributed by atoms with Crippen LogP contribution in [0, 0.1) is 6.92 Å². The number of hydrogen-bond donors (Lipinski definition) is 1. The number of carbonyl (C=O) groups is 1. The lowest BCUT2D eigenvalue weighted by atomic mass is 10.0. The zero-order chi connectivity index (χ0) is 20.6. The van der Waals surface area contributed by atoms with Crippen LogP contribution in [0.4, 0.5) is 0 Å². The summed E-state index contributed by atoms with van der Waals surface area (Å²) in [7, 11) is 0. The summed E-state index contributed by atoms with van der Waals surface area (Å²) in [4.78, 5) is 19.7.